The second kappa shape index (κ2) is 5.29. The molecule has 0 bridgehead atoms. The summed E-state index contributed by atoms with van der Waals surface area (Å²) < 4.78 is 24.3. The van der Waals surface area contributed by atoms with Gasteiger partial charge >= 0.3 is 0 Å². The van der Waals surface area contributed by atoms with Crippen LogP contribution in [0.3, 0.4) is 0 Å². The van der Waals surface area contributed by atoms with Gasteiger partial charge in [0.05, 0.1) is 5.56 Å². The molecule has 2 N–H and O–H groups in total. The smallest absolute Gasteiger partial charge is 0.237 e. The summed E-state index contributed by atoms with van der Waals surface area (Å²) in [6, 6.07) is 18.7. The van der Waals surface area contributed by atoms with Crippen molar-refractivity contribution in [2.24, 2.45) is 0 Å². The normalized spacial score (nSPS) is 15.5. The Kier molecular flexibility index (Phi) is 3.05. The highest BCUT2D eigenvalue weighted by Crippen LogP contribution is 2.52. The first-order valence-electron chi connectivity index (χ1n) is 7.92. The van der Waals surface area contributed by atoms with Crippen LogP contribution in [-0.4, -0.2) is 4.37 Å². The van der Waals surface area contributed by atoms with Gasteiger partial charge in [-0.05, 0) is 46.1 Å². The molecule has 3 nitrogen and oxygen atoms in total. The van der Waals surface area contributed by atoms with Gasteiger partial charge in [-0.25, -0.2) is 4.39 Å². The van der Waals surface area contributed by atoms with Crippen molar-refractivity contribution in [1.82, 2.24) is 4.37 Å². The number of anilines is 1. The predicted molar refractivity (Wildman–Crippen MR) is 97.9 cm³/mol. The minimum atomic E-state index is -0.269. The Morgan fingerprint density at radius 2 is 1.88 bits per heavy atom. The third-order valence-electron chi connectivity index (χ3n) is 4.62. The van der Waals surface area contributed by atoms with Gasteiger partial charge in [-0.15, -0.1) is 0 Å². The molecule has 0 saturated heterocycles. The van der Waals surface area contributed by atoms with Crippen molar-refractivity contribution < 1.29 is 9.13 Å². The Bertz CT molecular complexity index is 1120. The Morgan fingerprint density at radius 3 is 2.76 bits per heavy atom. The van der Waals surface area contributed by atoms with E-state index in [4.69, 9.17) is 10.5 Å². The van der Waals surface area contributed by atoms with Crippen molar-refractivity contribution in [3.8, 4) is 11.6 Å². The van der Waals surface area contributed by atoms with Crippen LogP contribution in [0.2, 0.25) is 0 Å². The fourth-order valence-electron chi connectivity index (χ4n) is 3.56. The van der Waals surface area contributed by atoms with Gasteiger partial charge in [-0.3, -0.25) is 0 Å². The Morgan fingerprint density at radius 1 is 1.00 bits per heavy atom. The molecule has 0 saturated carbocycles. The largest absolute Gasteiger partial charge is 0.437 e. The number of ether oxygens (including phenoxy) is 1. The lowest BCUT2D eigenvalue weighted by Gasteiger charge is -2.27. The topological polar surface area (TPSA) is 48.1 Å². The van der Waals surface area contributed by atoms with E-state index in [0.717, 1.165) is 33.2 Å². The zero-order valence-electron chi connectivity index (χ0n) is 13.1. The van der Waals surface area contributed by atoms with E-state index in [2.05, 4.69) is 16.5 Å². The number of nitrogens with zero attached hydrogens (tertiary/aromatic N) is 1. The van der Waals surface area contributed by atoms with E-state index in [9.17, 15) is 4.39 Å². The molecule has 0 aliphatic carbocycles. The average Bonchev–Trinajstić information content (AvgIpc) is 3.00. The SMILES string of the molecule is Nc1snc2c1[C@@H](c1cccc(F)c1)c1c(ccc3ccccc13)O2. The summed E-state index contributed by atoms with van der Waals surface area (Å²) in [4.78, 5) is 0. The third-order valence-corrected chi connectivity index (χ3v) is 5.29. The zero-order chi connectivity index (χ0) is 17.0. The second-order valence-electron chi connectivity index (χ2n) is 6.05. The van der Waals surface area contributed by atoms with Crippen molar-refractivity contribution in [2.75, 3.05) is 5.73 Å². The van der Waals surface area contributed by atoms with E-state index in [1.165, 1.54) is 17.6 Å². The van der Waals surface area contributed by atoms with Gasteiger partial charge in [-0.2, -0.15) is 4.37 Å². The monoisotopic (exact) mass is 348 g/mol. The standard InChI is InChI=1S/C20H13FN2OS/c21-13-6-3-5-12(10-13)16-17-14-7-2-1-4-11(14)8-9-15(17)24-20-18(16)19(22)25-23-20/h1-10,16H,22H2/t16-/m0/s1. The summed E-state index contributed by atoms with van der Waals surface area (Å²) >= 11 is 1.21. The molecule has 2 heterocycles. The van der Waals surface area contributed by atoms with E-state index >= 15 is 0 Å². The number of hydrogen-bond acceptors (Lipinski definition) is 4. The van der Waals surface area contributed by atoms with E-state index < -0.39 is 0 Å². The molecular weight excluding hydrogens is 335 g/mol. The van der Waals surface area contributed by atoms with Gasteiger partial charge in [0, 0.05) is 11.5 Å². The van der Waals surface area contributed by atoms with Gasteiger partial charge in [0.25, 0.3) is 0 Å². The molecule has 0 unspecified atom stereocenters. The van der Waals surface area contributed by atoms with Gasteiger partial charge < -0.3 is 10.5 Å². The zero-order valence-corrected chi connectivity index (χ0v) is 13.9. The quantitative estimate of drug-likeness (QED) is 0.447. The van der Waals surface area contributed by atoms with Crippen LogP contribution in [0.4, 0.5) is 9.39 Å². The van der Waals surface area contributed by atoms with Crippen LogP contribution in [0.25, 0.3) is 10.8 Å². The number of halogens is 1. The van der Waals surface area contributed by atoms with Crippen LogP contribution in [0.5, 0.6) is 11.6 Å². The number of benzene rings is 3. The Hall–Kier alpha value is -2.92. The molecule has 25 heavy (non-hydrogen) atoms. The fraction of sp³-hybridized carbons (Fsp3) is 0.0500. The number of nitrogen functional groups attached to an aromatic ring is 1. The van der Waals surface area contributed by atoms with Crippen molar-refractivity contribution >= 4 is 27.3 Å². The molecule has 1 aromatic heterocycles. The van der Waals surface area contributed by atoms with Crippen LogP contribution in [0.1, 0.15) is 22.6 Å². The van der Waals surface area contributed by atoms with Gasteiger partial charge in [0.2, 0.25) is 5.88 Å². The summed E-state index contributed by atoms with van der Waals surface area (Å²) in [7, 11) is 0. The van der Waals surface area contributed by atoms with Crippen LogP contribution in [-0.2, 0) is 0 Å². The molecule has 4 aromatic rings. The summed E-state index contributed by atoms with van der Waals surface area (Å²) in [5.74, 6) is 0.777. The van der Waals surface area contributed by atoms with Crippen LogP contribution in [0, 0.1) is 5.82 Å². The van der Waals surface area contributed by atoms with Gasteiger partial charge in [0.15, 0.2) is 0 Å². The molecule has 1 aliphatic heterocycles. The van der Waals surface area contributed by atoms with Crippen LogP contribution >= 0.6 is 11.5 Å². The highest BCUT2D eigenvalue weighted by Gasteiger charge is 2.34. The maximum atomic E-state index is 13.9. The van der Waals surface area contributed by atoms with E-state index in [1.54, 1.807) is 12.1 Å². The first-order valence-corrected chi connectivity index (χ1v) is 8.70. The summed E-state index contributed by atoms with van der Waals surface area (Å²) in [6.45, 7) is 0. The molecule has 5 rings (SSSR count). The van der Waals surface area contributed by atoms with Gasteiger partial charge in [-0.1, -0.05) is 42.5 Å². The minimum absolute atomic E-state index is 0.209. The Balaban J connectivity index is 1.88. The number of hydrogen-bond donors (Lipinski definition) is 1. The number of rotatable bonds is 1. The molecule has 3 aromatic carbocycles. The lowest BCUT2D eigenvalue weighted by atomic mass is 9.81. The summed E-state index contributed by atoms with van der Waals surface area (Å²) in [6.07, 6.45) is 0. The second-order valence-corrected chi connectivity index (χ2v) is 6.86. The first kappa shape index (κ1) is 14.4. The number of aromatic nitrogens is 1. The maximum absolute atomic E-state index is 13.9. The maximum Gasteiger partial charge on any atom is 0.237 e. The van der Waals surface area contributed by atoms with Crippen molar-refractivity contribution in [2.45, 2.75) is 5.92 Å². The van der Waals surface area contributed by atoms with Crippen LogP contribution in [0.15, 0.2) is 60.7 Å². The molecule has 5 heteroatoms. The van der Waals surface area contributed by atoms with E-state index in [0.29, 0.717) is 10.9 Å². The summed E-state index contributed by atoms with van der Waals surface area (Å²) in [5.41, 5.74) is 8.87. The third kappa shape index (κ3) is 2.13. The predicted octanol–water partition coefficient (Wildman–Crippen LogP) is 5.30. The van der Waals surface area contributed by atoms with Crippen molar-refractivity contribution in [3.63, 3.8) is 0 Å². The van der Waals surface area contributed by atoms with Crippen LogP contribution < -0.4 is 10.5 Å². The van der Waals surface area contributed by atoms with E-state index in [1.807, 2.05) is 30.3 Å². The average molecular weight is 348 g/mol. The minimum Gasteiger partial charge on any atom is -0.437 e. The molecule has 122 valence electrons. The molecule has 1 aliphatic rings. The first-order chi connectivity index (χ1) is 12.2. The van der Waals surface area contributed by atoms with Crippen molar-refractivity contribution in [1.29, 1.82) is 0 Å². The molecular formula is C20H13FN2OS. The lowest BCUT2D eigenvalue weighted by molar-refractivity contribution is 0.442. The number of fused-ring (bicyclic) bond motifs is 4. The molecule has 0 fully saturated rings. The lowest BCUT2D eigenvalue weighted by Crippen LogP contribution is -2.13. The van der Waals surface area contributed by atoms with Crippen molar-refractivity contribution in [3.05, 3.63) is 83.2 Å². The molecule has 0 amide bonds. The molecule has 1 atom stereocenters. The number of nitrogens with two attached hydrogens (primary N) is 1. The highest BCUT2D eigenvalue weighted by molar-refractivity contribution is 7.10. The fourth-order valence-corrected chi connectivity index (χ4v) is 4.18. The molecule has 0 spiro atoms. The van der Waals surface area contributed by atoms with Gasteiger partial charge in [0.1, 0.15) is 16.6 Å². The highest BCUT2D eigenvalue weighted by atomic mass is 32.1. The molecule has 0 radical (unpaired) electrons. The summed E-state index contributed by atoms with van der Waals surface area (Å²) in [5, 5.41) is 2.78. The van der Waals surface area contributed by atoms with E-state index in [-0.39, 0.29) is 11.7 Å². The Labute approximate surface area is 147 Å².